The summed E-state index contributed by atoms with van der Waals surface area (Å²) in [4.78, 5) is 18.6. The van der Waals surface area contributed by atoms with E-state index in [2.05, 4.69) is 58.5 Å². The highest BCUT2D eigenvalue weighted by molar-refractivity contribution is 6.08. The summed E-state index contributed by atoms with van der Waals surface area (Å²) in [7, 11) is 0. The molecule has 4 aromatic carbocycles. The van der Waals surface area contributed by atoms with Gasteiger partial charge in [-0.15, -0.1) is 0 Å². The molecule has 0 saturated heterocycles. The van der Waals surface area contributed by atoms with Crippen LogP contribution in [0.3, 0.4) is 0 Å². The highest BCUT2D eigenvalue weighted by Crippen LogP contribution is 2.36. The van der Waals surface area contributed by atoms with Crippen LogP contribution in [0.15, 0.2) is 143 Å². The Morgan fingerprint density at radius 1 is 0.386 bits per heavy atom. The molecule has 0 amide bonds. The third-order valence-electron chi connectivity index (χ3n) is 8.15. The maximum absolute atomic E-state index is 6.18. The molecule has 0 saturated carbocycles. The van der Waals surface area contributed by atoms with Crippen molar-refractivity contribution in [3.63, 3.8) is 0 Å². The predicted octanol–water partition coefficient (Wildman–Crippen LogP) is 9.73. The molecule has 0 atom stereocenters. The Morgan fingerprint density at radius 3 is 1.23 bits per heavy atom. The van der Waals surface area contributed by atoms with E-state index in [0.717, 1.165) is 88.9 Å². The van der Waals surface area contributed by atoms with Crippen molar-refractivity contribution < 1.29 is 8.83 Å². The van der Waals surface area contributed by atoms with Crippen LogP contribution in [-0.4, -0.2) is 19.9 Å². The van der Waals surface area contributed by atoms with Crippen LogP contribution < -0.4 is 0 Å². The third kappa shape index (κ3) is 3.89. The van der Waals surface area contributed by atoms with Crippen molar-refractivity contribution in [1.29, 1.82) is 0 Å². The molecule has 0 N–H and O–H groups in total. The number of pyridine rings is 2. The number of para-hydroxylation sites is 2. The number of aromatic nitrogens is 4. The molecule has 0 spiro atoms. The van der Waals surface area contributed by atoms with Crippen molar-refractivity contribution in [3.8, 4) is 44.8 Å². The Hall–Kier alpha value is -6.14. The van der Waals surface area contributed by atoms with Gasteiger partial charge in [0.05, 0.1) is 23.8 Å². The Balaban J connectivity index is 0.986. The van der Waals surface area contributed by atoms with Crippen molar-refractivity contribution in [2.75, 3.05) is 0 Å². The first-order chi connectivity index (χ1) is 21.8. The highest BCUT2D eigenvalue weighted by atomic mass is 16.3. The van der Waals surface area contributed by atoms with Crippen LogP contribution in [0.4, 0.5) is 0 Å². The topological polar surface area (TPSA) is 77.8 Å². The van der Waals surface area contributed by atoms with Crippen molar-refractivity contribution in [2.45, 2.75) is 0 Å². The van der Waals surface area contributed by atoms with Gasteiger partial charge >= 0.3 is 0 Å². The van der Waals surface area contributed by atoms with Crippen molar-refractivity contribution in [2.24, 2.45) is 0 Å². The zero-order valence-corrected chi connectivity index (χ0v) is 23.3. The molecule has 0 aliphatic carbocycles. The van der Waals surface area contributed by atoms with Crippen molar-refractivity contribution in [1.82, 2.24) is 19.9 Å². The average Bonchev–Trinajstić information content (AvgIpc) is 3.67. The number of hydrogen-bond acceptors (Lipinski definition) is 6. The monoisotopic (exact) mass is 566 g/mol. The quantitative estimate of drug-likeness (QED) is 0.211. The first kappa shape index (κ1) is 24.5. The van der Waals surface area contributed by atoms with Gasteiger partial charge in [-0.3, -0.25) is 19.9 Å². The first-order valence-corrected chi connectivity index (χ1v) is 14.4. The minimum absolute atomic E-state index is 0.794. The number of fused-ring (bicyclic) bond motifs is 6. The normalized spacial score (nSPS) is 11.6. The maximum Gasteiger partial charge on any atom is 0.161 e. The Morgan fingerprint density at radius 2 is 0.795 bits per heavy atom. The summed E-state index contributed by atoms with van der Waals surface area (Å²) in [6.07, 6.45) is 7.31. The van der Waals surface area contributed by atoms with Gasteiger partial charge in [0, 0.05) is 45.4 Å². The lowest BCUT2D eigenvalue weighted by Crippen LogP contribution is -1.90. The summed E-state index contributed by atoms with van der Waals surface area (Å²) in [5, 5.41) is 2.04. The van der Waals surface area contributed by atoms with Gasteiger partial charge in [-0.05, 0) is 47.5 Å². The van der Waals surface area contributed by atoms with E-state index in [1.807, 2.05) is 85.5 Å². The van der Waals surface area contributed by atoms with Gasteiger partial charge in [-0.1, -0.05) is 72.8 Å². The molecule has 6 heteroatoms. The number of benzene rings is 4. The van der Waals surface area contributed by atoms with Gasteiger partial charge in [0.25, 0.3) is 0 Å². The Bertz CT molecular complexity index is 2300. The van der Waals surface area contributed by atoms with Gasteiger partial charge in [0.2, 0.25) is 0 Å². The van der Waals surface area contributed by atoms with Crippen LogP contribution in [0.5, 0.6) is 0 Å². The standard InChI is InChI=1S/C38H22N4O2/c1-3-7-33-29(5-1)35-37(43-33)27(17-19-39-35)23-9-13-25(14-10-23)31-21-42-32(22-41-31)26-15-11-24(12-16-26)28-18-20-40-36-30-6-2-4-8-34(30)44-38(28)36/h1-22H. The van der Waals surface area contributed by atoms with Gasteiger partial charge in [-0.25, -0.2) is 0 Å². The second-order valence-electron chi connectivity index (χ2n) is 10.7. The molecule has 0 fully saturated rings. The molecule has 5 heterocycles. The summed E-state index contributed by atoms with van der Waals surface area (Å²) in [5.41, 5.74) is 12.7. The molecule has 5 aromatic heterocycles. The molecule has 44 heavy (non-hydrogen) atoms. The molecule has 206 valence electrons. The molecule has 0 aliphatic rings. The van der Waals surface area contributed by atoms with E-state index in [1.165, 1.54) is 0 Å². The van der Waals surface area contributed by atoms with Crippen LogP contribution in [0.2, 0.25) is 0 Å². The van der Waals surface area contributed by atoms with E-state index in [4.69, 9.17) is 18.8 Å². The number of rotatable bonds is 4. The lowest BCUT2D eigenvalue weighted by atomic mass is 10.0. The summed E-state index contributed by atoms with van der Waals surface area (Å²) in [6, 6.07) is 36.6. The second-order valence-corrected chi connectivity index (χ2v) is 10.7. The largest absolute Gasteiger partial charge is 0.454 e. The molecular weight excluding hydrogens is 544 g/mol. The van der Waals surface area contributed by atoms with E-state index in [0.29, 0.717) is 0 Å². The zero-order valence-electron chi connectivity index (χ0n) is 23.3. The number of hydrogen-bond donors (Lipinski definition) is 0. The minimum Gasteiger partial charge on any atom is -0.454 e. The van der Waals surface area contributed by atoms with Crippen molar-refractivity contribution in [3.05, 3.63) is 134 Å². The van der Waals surface area contributed by atoms with Gasteiger partial charge in [0.1, 0.15) is 22.2 Å². The fourth-order valence-corrected chi connectivity index (χ4v) is 5.93. The average molecular weight is 567 g/mol. The minimum atomic E-state index is 0.794. The SMILES string of the molecule is c1ccc2c(c1)oc1c(-c3ccc(-c4cnc(-c5ccc(-c6ccnc7c6oc6ccccc67)cc5)cn4)cc3)ccnc12. The molecule has 0 aliphatic heterocycles. The van der Waals surface area contributed by atoms with Gasteiger partial charge < -0.3 is 8.83 Å². The van der Waals surface area contributed by atoms with Crippen LogP contribution in [-0.2, 0) is 0 Å². The number of furan rings is 2. The lowest BCUT2D eigenvalue weighted by Gasteiger charge is -2.07. The zero-order chi connectivity index (χ0) is 29.0. The smallest absolute Gasteiger partial charge is 0.161 e. The molecule has 0 unspecified atom stereocenters. The van der Waals surface area contributed by atoms with Crippen LogP contribution in [0.25, 0.3) is 88.9 Å². The first-order valence-electron chi connectivity index (χ1n) is 14.4. The lowest BCUT2D eigenvalue weighted by molar-refractivity contribution is 0.669. The fraction of sp³-hybridized carbons (Fsp3) is 0. The Kier molecular flexibility index (Phi) is 5.40. The van der Waals surface area contributed by atoms with Crippen LogP contribution in [0, 0.1) is 0 Å². The molecule has 9 aromatic rings. The van der Waals surface area contributed by atoms with Crippen LogP contribution >= 0.6 is 0 Å². The van der Waals surface area contributed by atoms with E-state index in [9.17, 15) is 0 Å². The maximum atomic E-state index is 6.18. The fourth-order valence-electron chi connectivity index (χ4n) is 5.93. The molecular formula is C38H22N4O2. The highest BCUT2D eigenvalue weighted by Gasteiger charge is 2.15. The van der Waals surface area contributed by atoms with E-state index in [-0.39, 0.29) is 0 Å². The molecule has 6 nitrogen and oxygen atoms in total. The van der Waals surface area contributed by atoms with Gasteiger partial charge in [0.15, 0.2) is 11.2 Å². The van der Waals surface area contributed by atoms with E-state index >= 15 is 0 Å². The van der Waals surface area contributed by atoms with Gasteiger partial charge in [-0.2, -0.15) is 0 Å². The van der Waals surface area contributed by atoms with Crippen molar-refractivity contribution >= 4 is 44.1 Å². The van der Waals surface area contributed by atoms with E-state index < -0.39 is 0 Å². The van der Waals surface area contributed by atoms with Crippen LogP contribution in [0.1, 0.15) is 0 Å². The molecule has 0 radical (unpaired) electrons. The molecule has 0 bridgehead atoms. The summed E-state index contributed by atoms with van der Waals surface area (Å²) in [6.45, 7) is 0. The summed E-state index contributed by atoms with van der Waals surface area (Å²) in [5.74, 6) is 0. The predicted molar refractivity (Wildman–Crippen MR) is 174 cm³/mol. The molecule has 9 rings (SSSR count). The third-order valence-corrected chi connectivity index (χ3v) is 8.15. The Labute approximate surface area is 251 Å². The second kappa shape index (κ2) is 9.71. The number of nitrogens with zero attached hydrogens (tertiary/aromatic N) is 4. The summed E-state index contributed by atoms with van der Waals surface area (Å²) < 4.78 is 12.4. The van der Waals surface area contributed by atoms with E-state index in [1.54, 1.807) is 0 Å². The summed E-state index contributed by atoms with van der Waals surface area (Å²) >= 11 is 0.